The maximum atomic E-state index is 12.0. The average Bonchev–Trinajstić information content (AvgIpc) is 2.46. The van der Waals surface area contributed by atoms with Gasteiger partial charge in [-0.3, -0.25) is 9.89 Å². The molecule has 0 saturated carbocycles. The third-order valence-corrected chi connectivity index (χ3v) is 3.53. The van der Waals surface area contributed by atoms with E-state index in [1.54, 1.807) is 12.0 Å². The SMILES string of the molecule is COCC(C)NC(N)=NCCN1CCN(C(=O)OC(C)(C)C)CC1.I. The first-order valence-electron chi connectivity index (χ1n) is 8.47. The number of nitrogens with zero attached hydrogens (tertiary/aromatic N) is 3. The molecule has 0 aromatic carbocycles. The van der Waals surface area contributed by atoms with Crippen LogP contribution in [0.4, 0.5) is 4.79 Å². The molecule has 8 nitrogen and oxygen atoms in total. The van der Waals surface area contributed by atoms with Gasteiger partial charge in [0.15, 0.2) is 5.96 Å². The molecule has 3 N–H and O–H groups in total. The molecule has 1 saturated heterocycles. The number of halogens is 1. The van der Waals surface area contributed by atoms with Gasteiger partial charge in [-0.05, 0) is 27.7 Å². The predicted molar refractivity (Wildman–Crippen MR) is 111 cm³/mol. The van der Waals surface area contributed by atoms with Crippen molar-refractivity contribution in [1.29, 1.82) is 0 Å². The number of carbonyl (C=O) groups is 1. The Bertz CT molecular complexity index is 420. The van der Waals surface area contributed by atoms with E-state index in [1.807, 2.05) is 27.7 Å². The van der Waals surface area contributed by atoms with Gasteiger partial charge in [-0.1, -0.05) is 0 Å². The molecule has 148 valence electrons. The van der Waals surface area contributed by atoms with E-state index in [1.165, 1.54) is 0 Å². The Labute approximate surface area is 168 Å². The summed E-state index contributed by atoms with van der Waals surface area (Å²) in [6, 6.07) is 0.135. The maximum Gasteiger partial charge on any atom is 0.410 e. The highest BCUT2D eigenvalue weighted by atomic mass is 127. The molecular weight excluding hydrogens is 437 g/mol. The monoisotopic (exact) mass is 471 g/mol. The second-order valence-corrected chi connectivity index (χ2v) is 7.08. The topological polar surface area (TPSA) is 92.4 Å². The zero-order chi connectivity index (χ0) is 18.2. The molecule has 9 heteroatoms. The summed E-state index contributed by atoms with van der Waals surface area (Å²) in [7, 11) is 1.66. The van der Waals surface area contributed by atoms with Crippen LogP contribution in [0.2, 0.25) is 0 Å². The fourth-order valence-corrected chi connectivity index (χ4v) is 2.38. The minimum absolute atomic E-state index is 0. The van der Waals surface area contributed by atoms with Crippen molar-refractivity contribution < 1.29 is 14.3 Å². The van der Waals surface area contributed by atoms with E-state index in [2.05, 4.69) is 15.2 Å². The first-order valence-corrected chi connectivity index (χ1v) is 8.47. The normalized spacial score (nSPS) is 17.6. The number of carbonyl (C=O) groups excluding carboxylic acids is 1. The molecule has 25 heavy (non-hydrogen) atoms. The lowest BCUT2D eigenvalue weighted by molar-refractivity contribution is 0.0148. The van der Waals surface area contributed by atoms with Gasteiger partial charge in [0.05, 0.1) is 13.2 Å². The zero-order valence-corrected chi connectivity index (χ0v) is 18.4. The van der Waals surface area contributed by atoms with E-state index in [-0.39, 0.29) is 36.1 Å². The Kier molecular flexibility index (Phi) is 11.4. The Morgan fingerprint density at radius 1 is 1.28 bits per heavy atom. The lowest BCUT2D eigenvalue weighted by Crippen LogP contribution is -2.50. The highest BCUT2D eigenvalue weighted by Crippen LogP contribution is 2.11. The first kappa shape index (κ1) is 24.2. The van der Waals surface area contributed by atoms with Crippen LogP contribution >= 0.6 is 24.0 Å². The molecular formula is C16H34IN5O3. The van der Waals surface area contributed by atoms with Crippen molar-refractivity contribution in [3.05, 3.63) is 0 Å². The zero-order valence-electron chi connectivity index (χ0n) is 16.1. The second kappa shape index (κ2) is 11.7. The second-order valence-electron chi connectivity index (χ2n) is 7.08. The molecule has 0 aromatic heterocycles. The lowest BCUT2D eigenvalue weighted by atomic mass is 10.2. The molecule has 1 rings (SSSR count). The summed E-state index contributed by atoms with van der Waals surface area (Å²) in [5, 5.41) is 3.08. The van der Waals surface area contributed by atoms with Crippen LogP contribution in [0.1, 0.15) is 27.7 Å². The van der Waals surface area contributed by atoms with Crippen LogP contribution in [-0.4, -0.2) is 86.5 Å². The van der Waals surface area contributed by atoms with E-state index < -0.39 is 5.60 Å². The van der Waals surface area contributed by atoms with Crippen LogP contribution in [0, 0.1) is 0 Å². The average molecular weight is 471 g/mol. The van der Waals surface area contributed by atoms with Gasteiger partial charge in [-0.25, -0.2) is 4.79 Å². The molecule has 1 aliphatic rings. The van der Waals surface area contributed by atoms with E-state index in [4.69, 9.17) is 15.2 Å². The summed E-state index contributed by atoms with van der Waals surface area (Å²) < 4.78 is 10.4. The van der Waals surface area contributed by atoms with Crippen LogP contribution in [0.3, 0.4) is 0 Å². The molecule has 1 heterocycles. The van der Waals surface area contributed by atoms with Crippen LogP contribution in [0.5, 0.6) is 0 Å². The number of hydrogen-bond acceptors (Lipinski definition) is 5. The fourth-order valence-electron chi connectivity index (χ4n) is 2.38. The van der Waals surface area contributed by atoms with E-state index in [0.717, 1.165) is 19.6 Å². The number of piperazine rings is 1. The summed E-state index contributed by atoms with van der Waals surface area (Å²) in [5.41, 5.74) is 5.39. The molecule has 0 radical (unpaired) electrons. The highest BCUT2D eigenvalue weighted by molar-refractivity contribution is 14.0. The Morgan fingerprint density at radius 2 is 1.88 bits per heavy atom. The molecule has 0 bridgehead atoms. The van der Waals surface area contributed by atoms with E-state index in [0.29, 0.717) is 32.2 Å². The summed E-state index contributed by atoms with van der Waals surface area (Å²) in [4.78, 5) is 20.4. The minimum Gasteiger partial charge on any atom is -0.444 e. The third kappa shape index (κ3) is 10.7. The molecule has 1 unspecified atom stereocenters. The number of nitrogens with two attached hydrogens (primary N) is 1. The Morgan fingerprint density at radius 3 is 2.40 bits per heavy atom. The van der Waals surface area contributed by atoms with Crippen LogP contribution in [-0.2, 0) is 9.47 Å². The molecule has 1 aliphatic heterocycles. The van der Waals surface area contributed by atoms with E-state index >= 15 is 0 Å². The van der Waals surface area contributed by atoms with Crippen LogP contribution in [0.25, 0.3) is 0 Å². The van der Waals surface area contributed by atoms with Gasteiger partial charge in [0.2, 0.25) is 0 Å². The van der Waals surface area contributed by atoms with Crippen molar-refractivity contribution in [2.45, 2.75) is 39.3 Å². The van der Waals surface area contributed by atoms with Crippen molar-refractivity contribution in [2.75, 3.05) is 53.0 Å². The van der Waals surface area contributed by atoms with Crippen molar-refractivity contribution in [1.82, 2.24) is 15.1 Å². The largest absolute Gasteiger partial charge is 0.444 e. The van der Waals surface area contributed by atoms with Gasteiger partial charge in [0.25, 0.3) is 0 Å². The van der Waals surface area contributed by atoms with Gasteiger partial charge in [0.1, 0.15) is 5.60 Å². The number of ether oxygens (including phenoxy) is 2. The van der Waals surface area contributed by atoms with Gasteiger partial charge < -0.3 is 25.4 Å². The standard InChI is InChI=1S/C16H33N5O3.HI/c1-13(12-23-5)19-14(17)18-6-7-20-8-10-21(11-9-20)15(22)24-16(2,3)4;/h13H,6-12H2,1-5H3,(H3,17,18,19);1H. The lowest BCUT2D eigenvalue weighted by Gasteiger charge is -2.35. The molecule has 1 amide bonds. The van der Waals surface area contributed by atoms with Crippen molar-refractivity contribution in [3.63, 3.8) is 0 Å². The third-order valence-electron chi connectivity index (χ3n) is 3.53. The van der Waals surface area contributed by atoms with Gasteiger partial charge in [-0.15, -0.1) is 24.0 Å². The number of rotatable bonds is 6. The quantitative estimate of drug-likeness (QED) is 0.343. The van der Waals surface area contributed by atoms with Crippen molar-refractivity contribution in [3.8, 4) is 0 Å². The number of nitrogens with one attached hydrogen (secondary N) is 1. The number of hydrogen-bond donors (Lipinski definition) is 2. The van der Waals surface area contributed by atoms with Crippen LogP contribution in [0.15, 0.2) is 4.99 Å². The summed E-state index contributed by atoms with van der Waals surface area (Å²) in [5.74, 6) is 0.437. The molecule has 1 fully saturated rings. The van der Waals surface area contributed by atoms with Crippen LogP contribution < -0.4 is 11.1 Å². The van der Waals surface area contributed by atoms with Gasteiger partial charge in [0, 0.05) is 45.9 Å². The van der Waals surface area contributed by atoms with Gasteiger partial charge >= 0.3 is 6.09 Å². The summed E-state index contributed by atoms with van der Waals surface area (Å²) in [6.45, 7) is 12.7. The smallest absolute Gasteiger partial charge is 0.410 e. The highest BCUT2D eigenvalue weighted by Gasteiger charge is 2.25. The fraction of sp³-hybridized carbons (Fsp3) is 0.875. The van der Waals surface area contributed by atoms with Crippen molar-refractivity contribution in [2.24, 2.45) is 10.7 Å². The first-order chi connectivity index (χ1) is 11.2. The Hall–Kier alpha value is -0.810. The number of amides is 1. The van der Waals surface area contributed by atoms with Crippen molar-refractivity contribution >= 4 is 36.0 Å². The molecule has 0 spiro atoms. The van der Waals surface area contributed by atoms with E-state index in [9.17, 15) is 4.79 Å². The molecule has 1 atom stereocenters. The van der Waals surface area contributed by atoms with Gasteiger partial charge in [-0.2, -0.15) is 0 Å². The summed E-state index contributed by atoms with van der Waals surface area (Å²) >= 11 is 0. The maximum absolute atomic E-state index is 12.0. The molecule has 0 aromatic rings. The number of guanidine groups is 1. The molecule has 0 aliphatic carbocycles. The number of aliphatic imine (C=N–C) groups is 1. The number of methoxy groups -OCH3 is 1. The minimum atomic E-state index is -0.451. The Balaban J connectivity index is 0.00000576. The predicted octanol–water partition coefficient (Wildman–Crippen LogP) is 1.10. The summed E-state index contributed by atoms with van der Waals surface area (Å²) in [6.07, 6.45) is -0.235.